The van der Waals surface area contributed by atoms with Crippen molar-refractivity contribution in [1.29, 1.82) is 0 Å². The Balaban J connectivity index is 3.08. The van der Waals surface area contributed by atoms with Crippen molar-refractivity contribution in [2.75, 3.05) is 18.7 Å². The first kappa shape index (κ1) is 18.7. The lowest BCUT2D eigenvalue weighted by Crippen LogP contribution is -2.28. The van der Waals surface area contributed by atoms with Crippen LogP contribution >= 0.6 is 11.6 Å². The molecule has 1 aromatic carbocycles. The quantitative estimate of drug-likeness (QED) is 0.826. The van der Waals surface area contributed by atoms with E-state index in [0.717, 1.165) is 6.26 Å². The fourth-order valence-corrected chi connectivity index (χ4v) is 2.11. The largest absolute Gasteiger partial charge is 0.495 e. The van der Waals surface area contributed by atoms with Crippen LogP contribution in [0, 0.1) is 5.41 Å². The number of ether oxygens (including phenoxy) is 1. The number of amides is 1. The molecule has 6 nitrogen and oxygen atoms in total. The third-order valence-corrected chi connectivity index (χ3v) is 3.54. The third-order valence-electron chi connectivity index (χ3n) is 2.69. The highest BCUT2D eigenvalue weighted by molar-refractivity contribution is 7.85. The first-order valence-electron chi connectivity index (χ1n) is 6.46. The lowest BCUT2D eigenvalue weighted by molar-refractivity contribution is -0.123. The van der Waals surface area contributed by atoms with Crippen molar-refractivity contribution < 1.29 is 22.1 Å². The summed E-state index contributed by atoms with van der Waals surface area (Å²) in [5.41, 5.74) is 0.264. The van der Waals surface area contributed by atoms with Gasteiger partial charge in [0.05, 0.1) is 25.0 Å². The van der Waals surface area contributed by atoms with E-state index in [2.05, 4.69) is 5.32 Å². The normalized spacial score (nSPS) is 12.1. The lowest BCUT2D eigenvalue weighted by atomic mass is 9.95. The zero-order valence-corrected chi connectivity index (χ0v) is 14.8. The zero-order chi connectivity index (χ0) is 17.1. The summed E-state index contributed by atoms with van der Waals surface area (Å²) in [4.78, 5) is 12.1. The topological polar surface area (TPSA) is 81.7 Å². The first-order valence-corrected chi connectivity index (χ1v) is 8.66. The molecule has 0 saturated heterocycles. The monoisotopic (exact) mass is 349 g/mol. The number of rotatable bonds is 5. The number of benzene rings is 1. The van der Waals surface area contributed by atoms with Crippen molar-refractivity contribution in [3.63, 3.8) is 0 Å². The Kier molecular flexibility index (Phi) is 5.83. The van der Waals surface area contributed by atoms with Gasteiger partial charge in [-0.3, -0.25) is 8.98 Å². The number of carbonyl (C=O) groups excluding carboxylic acids is 1. The molecule has 1 aromatic rings. The molecule has 124 valence electrons. The Morgan fingerprint density at radius 1 is 1.32 bits per heavy atom. The summed E-state index contributed by atoms with van der Waals surface area (Å²) < 4.78 is 32.0. The van der Waals surface area contributed by atoms with Crippen LogP contribution in [-0.2, 0) is 25.7 Å². The van der Waals surface area contributed by atoms with Crippen LogP contribution in [-0.4, -0.2) is 27.7 Å². The molecule has 0 aliphatic carbocycles. The molecule has 0 unspecified atom stereocenters. The fourth-order valence-electron chi connectivity index (χ4n) is 1.48. The molecule has 1 amide bonds. The van der Waals surface area contributed by atoms with E-state index in [-0.39, 0.29) is 17.5 Å². The van der Waals surface area contributed by atoms with Crippen LogP contribution in [0.5, 0.6) is 5.75 Å². The maximum atomic E-state index is 12.1. The van der Waals surface area contributed by atoms with Gasteiger partial charge in [-0.2, -0.15) is 8.42 Å². The number of hydrogen-bond acceptors (Lipinski definition) is 5. The van der Waals surface area contributed by atoms with E-state index in [4.69, 9.17) is 20.5 Å². The second kappa shape index (κ2) is 6.85. The molecule has 0 atom stereocenters. The number of carbonyl (C=O) groups is 1. The van der Waals surface area contributed by atoms with Gasteiger partial charge in [0.15, 0.2) is 0 Å². The molecule has 0 aliphatic heterocycles. The van der Waals surface area contributed by atoms with Crippen LogP contribution in [0.3, 0.4) is 0 Å². The minimum atomic E-state index is -3.56. The van der Waals surface area contributed by atoms with E-state index in [1.54, 1.807) is 26.8 Å². The molecule has 0 aliphatic rings. The zero-order valence-electron chi connectivity index (χ0n) is 13.2. The van der Waals surface area contributed by atoms with E-state index >= 15 is 0 Å². The van der Waals surface area contributed by atoms with Gasteiger partial charge in [0.25, 0.3) is 10.1 Å². The van der Waals surface area contributed by atoms with E-state index in [1.807, 2.05) is 0 Å². The second-order valence-electron chi connectivity index (χ2n) is 5.83. The standard InChI is InChI=1S/C14H20ClNO5S/c1-14(2,3)13(17)16-12-10(15)6-9(7-11(12)20-4)8-21-22(5,18)19/h6-7H,8H2,1-5H3,(H,16,17). The van der Waals surface area contributed by atoms with Crippen LogP contribution in [0.25, 0.3) is 0 Å². The Bertz CT molecular complexity index is 665. The smallest absolute Gasteiger partial charge is 0.264 e. The van der Waals surface area contributed by atoms with Crippen molar-refractivity contribution >= 4 is 33.3 Å². The van der Waals surface area contributed by atoms with E-state index in [0.29, 0.717) is 17.0 Å². The number of hydrogen-bond donors (Lipinski definition) is 1. The van der Waals surface area contributed by atoms with Crippen molar-refractivity contribution in [2.24, 2.45) is 5.41 Å². The summed E-state index contributed by atoms with van der Waals surface area (Å²) in [7, 11) is -2.13. The summed E-state index contributed by atoms with van der Waals surface area (Å²) in [6.07, 6.45) is 0.962. The van der Waals surface area contributed by atoms with Crippen LogP contribution < -0.4 is 10.1 Å². The number of anilines is 1. The van der Waals surface area contributed by atoms with Gasteiger partial charge in [0.2, 0.25) is 5.91 Å². The summed E-state index contributed by atoms with van der Waals surface area (Å²) >= 11 is 6.16. The second-order valence-corrected chi connectivity index (χ2v) is 7.88. The van der Waals surface area contributed by atoms with Crippen LogP contribution in [0.4, 0.5) is 5.69 Å². The van der Waals surface area contributed by atoms with Crippen LogP contribution in [0.1, 0.15) is 26.3 Å². The lowest BCUT2D eigenvalue weighted by Gasteiger charge is -2.20. The van der Waals surface area contributed by atoms with Gasteiger partial charge >= 0.3 is 0 Å². The van der Waals surface area contributed by atoms with Gasteiger partial charge in [-0.15, -0.1) is 0 Å². The number of methoxy groups -OCH3 is 1. The molecule has 0 fully saturated rings. The summed E-state index contributed by atoms with van der Waals surface area (Å²) in [5, 5.41) is 2.95. The highest BCUT2D eigenvalue weighted by Gasteiger charge is 2.24. The average molecular weight is 350 g/mol. The summed E-state index contributed by atoms with van der Waals surface area (Å²) in [5.74, 6) is 0.116. The highest BCUT2D eigenvalue weighted by atomic mass is 35.5. The maximum Gasteiger partial charge on any atom is 0.264 e. The molecule has 0 radical (unpaired) electrons. The van der Waals surface area contributed by atoms with Crippen LogP contribution in [0.15, 0.2) is 12.1 Å². The van der Waals surface area contributed by atoms with E-state index in [9.17, 15) is 13.2 Å². The predicted octanol–water partition coefficient (Wildman–Crippen LogP) is 2.81. The Morgan fingerprint density at radius 3 is 2.36 bits per heavy atom. The molecule has 1 N–H and O–H groups in total. The van der Waals surface area contributed by atoms with E-state index < -0.39 is 15.5 Å². The molecule has 0 saturated carbocycles. The van der Waals surface area contributed by atoms with Gasteiger partial charge in [0, 0.05) is 5.41 Å². The molecule has 0 aromatic heterocycles. The first-order chi connectivity index (χ1) is 9.94. The maximum absolute atomic E-state index is 12.1. The molecule has 1 rings (SSSR count). The van der Waals surface area contributed by atoms with Crippen molar-refractivity contribution in [2.45, 2.75) is 27.4 Å². The summed E-state index contributed by atoms with van der Waals surface area (Å²) in [6.45, 7) is 5.16. The van der Waals surface area contributed by atoms with Crippen molar-refractivity contribution in [3.05, 3.63) is 22.7 Å². The molecule has 0 heterocycles. The van der Waals surface area contributed by atoms with Gasteiger partial charge in [-0.25, -0.2) is 0 Å². The summed E-state index contributed by atoms with van der Waals surface area (Å²) in [6, 6.07) is 3.09. The van der Waals surface area contributed by atoms with Gasteiger partial charge < -0.3 is 10.1 Å². The van der Waals surface area contributed by atoms with Gasteiger partial charge in [-0.05, 0) is 17.7 Å². The molecule has 0 spiro atoms. The number of nitrogens with one attached hydrogen (secondary N) is 1. The minimum Gasteiger partial charge on any atom is -0.495 e. The fraction of sp³-hybridized carbons (Fsp3) is 0.500. The molecule has 8 heteroatoms. The van der Waals surface area contributed by atoms with E-state index in [1.165, 1.54) is 13.2 Å². The van der Waals surface area contributed by atoms with Crippen LogP contribution in [0.2, 0.25) is 5.02 Å². The SMILES string of the molecule is COc1cc(COS(C)(=O)=O)cc(Cl)c1NC(=O)C(C)(C)C. The van der Waals surface area contributed by atoms with Gasteiger partial charge in [0.1, 0.15) is 11.4 Å². The van der Waals surface area contributed by atoms with Crippen molar-refractivity contribution in [1.82, 2.24) is 0 Å². The third kappa shape index (κ3) is 5.47. The van der Waals surface area contributed by atoms with Gasteiger partial charge in [-0.1, -0.05) is 32.4 Å². The predicted molar refractivity (Wildman–Crippen MR) is 85.7 cm³/mol. The Labute approximate surface area is 135 Å². The molecule has 22 heavy (non-hydrogen) atoms. The Hall–Kier alpha value is -1.31. The average Bonchev–Trinajstić information content (AvgIpc) is 2.36. The Morgan fingerprint density at radius 2 is 1.91 bits per heavy atom. The number of halogens is 1. The van der Waals surface area contributed by atoms with Crippen molar-refractivity contribution in [3.8, 4) is 5.75 Å². The minimum absolute atomic E-state index is 0.164. The highest BCUT2D eigenvalue weighted by Crippen LogP contribution is 2.35. The molecular formula is C14H20ClNO5S. The molecule has 0 bridgehead atoms. The molecular weight excluding hydrogens is 330 g/mol.